The van der Waals surface area contributed by atoms with Crippen molar-refractivity contribution >= 4 is 11.6 Å². The fourth-order valence-corrected chi connectivity index (χ4v) is 2.63. The van der Waals surface area contributed by atoms with Gasteiger partial charge in [-0.2, -0.15) is 18.3 Å². The minimum Gasteiger partial charge on any atom is -0.369 e. The fraction of sp³-hybridized carbons (Fsp3) is 0.111. The molecule has 0 aliphatic carbocycles. The molecule has 1 heterocycles. The number of carbonyl (C=O) groups is 1. The van der Waals surface area contributed by atoms with E-state index in [4.69, 9.17) is 11.3 Å². The number of nitrogens with zero attached hydrogens (tertiary/aromatic N) is 5. The number of alkyl halides is 3. The van der Waals surface area contributed by atoms with Crippen molar-refractivity contribution in [1.29, 1.82) is 0 Å². The highest BCUT2D eigenvalue weighted by Crippen LogP contribution is 2.33. The lowest BCUT2D eigenvalue weighted by Gasteiger charge is -2.09. The molecule has 0 fully saturated rings. The molecule has 0 radical (unpaired) electrons. The van der Waals surface area contributed by atoms with E-state index in [-0.39, 0.29) is 12.1 Å². The summed E-state index contributed by atoms with van der Waals surface area (Å²) >= 11 is 0. The zero-order chi connectivity index (χ0) is 20.3. The molecule has 28 heavy (non-hydrogen) atoms. The van der Waals surface area contributed by atoms with Crippen molar-refractivity contribution in [1.82, 2.24) is 9.78 Å². The van der Waals surface area contributed by atoms with Gasteiger partial charge >= 0.3 is 6.18 Å². The number of primary amides is 1. The Morgan fingerprint density at radius 3 is 2.32 bits per heavy atom. The number of benzene rings is 2. The lowest BCUT2D eigenvalue weighted by atomic mass is 10.1. The Bertz CT molecular complexity index is 1050. The number of azide groups is 1. The molecule has 0 bridgehead atoms. The standard InChI is InChI=1S/C18H13F3N6O/c19-18(20,21)16-10-15(12-3-5-13(6-4-12)24-26-23)27(25-16)14-7-1-11(2-8-14)9-17(22)28/h1-8,10H,9H2,(H2,22,28). The summed E-state index contributed by atoms with van der Waals surface area (Å²) < 4.78 is 40.8. The number of carbonyl (C=O) groups excluding carboxylic acids is 1. The maximum Gasteiger partial charge on any atom is 0.435 e. The summed E-state index contributed by atoms with van der Waals surface area (Å²) in [5, 5.41) is 7.14. The summed E-state index contributed by atoms with van der Waals surface area (Å²) in [6.07, 6.45) is -4.59. The first kappa shape index (κ1) is 19.0. The van der Waals surface area contributed by atoms with E-state index in [0.717, 1.165) is 6.07 Å². The van der Waals surface area contributed by atoms with Gasteiger partial charge < -0.3 is 5.73 Å². The summed E-state index contributed by atoms with van der Waals surface area (Å²) in [4.78, 5) is 13.7. The van der Waals surface area contributed by atoms with Crippen molar-refractivity contribution in [3.63, 3.8) is 0 Å². The SMILES string of the molecule is [N-]=[N+]=Nc1ccc(-c2cc(C(F)(F)F)nn2-c2ccc(CC(N)=O)cc2)cc1. The van der Waals surface area contributed by atoms with Gasteiger partial charge in [0, 0.05) is 16.2 Å². The average molecular weight is 386 g/mol. The van der Waals surface area contributed by atoms with Gasteiger partial charge in [-0.05, 0) is 29.3 Å². The van der Waals surface area contributed by atoms with Crippen molar-refractivity contribution in [3.05, 3.63) is 76.3 Å². The second kappa shape index (κ2) is 7.45. The van der Waals surface area contributed by atoms with Crippen LogP contribution in [0.1, 0.15) is 11.3 Å². The molecule has 0 spiro atoms. The maximum absolute atomic E-state index is 13.2. The number of rotatable bonds is 5. The fourth-order valence-electron chi connectivity index (χ4n) is 2.63. The second-order valence-corrected chi connectivity index (χ2v) is 5.87. The molecule has 0 atom stereocenters. The molecule has 0 aliphatic rings. The lowest BCUT2D eigenvalue weighted by molar-refractivity contribution is -0.141. The molecule has 0 unspecified atom stereocenters. The van der Waals surface area contributed by atoms with Crippen LogP contribution in [-0.4, -0.2) is 15.7 Å². The normalized spacial score (nSPS) is 11.1. The Labute approximate surface area is 156 Å². The van der Waals surface area contributed by atoms with Crippen LogP contribution in [-0.2, 0) is 17.4 Å². The summed E-state index contributed by atoms with van der Waals surface area (Å²) in [6.45, 7) is 0. The first-order chi connectivity index (χ1) is 13.3. The summed E-state index contributed by atoms with van der Waals surface area (Å²) in [7, 11) is 0. The highest BCUT2D eigenvalue weighted by atomic mass is 19.4. The first-order valence-electron chi connectivity index (χ1n) is 7.98. The lowest BCUT2D eigenvalue weighted by Crippen LogP contribution is -2.13. The van der Waals surface area contributed by atoms with Crippen LogP contribution in [0, 0.1) is 0 Å². The molecule has 7 nitrogen and oxygen atoms in total. The molecule has 1 amide bonds. The minimum atomic E-state index is -4.61. The van der Waals surface area contributed by atoms with Gasteiger partial charge in [0.1, 0.15) is 0 Å². The smallest absolute Gasteiger partial charge is 0.369 e. The number of nitrogens with two attached hydrogens (primary N) is 1. The topological polar surface area (TPSA) is 110 Å². The summed E-state index contributed by atoms with van der Waals surface area (Å²) in [6, 6.07) is 13.3. The molecule has 0 saturated heterocycles. The van der Waals surface area contributed by atoms with Crippen LogP contribution in [0.5, 0.6) is 0 Å². The molecule has 10 heteroatoms. The Morgan fingerprint density at radius 2 is 1.79 bits per heavy atom. The zero-order valence-electron chi connectivity index (χ0n) is 14.3. The van der Waals surface area contributed by atoms with Crippen molar-refractivity contribution in [2.75, 3.05) is 0 Å². The first-order valence-corrected chi connectivity index (χ1v) is 7.98. The van der Waals surface area contributed by atoms with Gasteiger partial charge in [0.25, 0.3) is 0 Å². The number of hydrogen-bond donors (Lipinski definition) is 1. The molecule has 0 aliphatic heterocycles. The van der Waals surface area contributed by atoms with E-state index in [1.165, 1.54) is 16.8 Å². The Kier molecular flexibility index (Phi) is 5.06. The maximum atomic E-state index is 13.2. The van der Waals surface area contributed by atoms with Gasteiger partial charge in [-0.25, -0.2) is 4.68 Å². The van der Waals surface area contributed by atoms with E-state index in [1.807, 2.05) is 0 Å². The van der Waals surface area contributed by atoms with Crippen LogP contribution < -0.4 is 5.73 Å². The highest BCUT2D eigenvalue weighted by molar-refractivity contribution is 5.76. The minimum absolute atomic E-state index is 0.0287. The van der Waals surface area contributed by atoms with E-state index >= 15 is 0 Å². The van der Waals surface area contributed by atoms with E-state index in [0.29, 0.717) is 22.5 Å². The van der Waals surface area contributed by atoms with Crippen LogP contribution in [0.15, 0.2) is 59.7 Å². The zero-order valence-corrected chi connectivity index (χ0v) is 14.3. The second-order valence-electron chi connectivity index (χ2n) is 5.87. The highest BCUT2D eigenvalue weighted by Gasteiger charge is 2.35. The van der Waals surface area contributed by atoms with Crippen molar-refractivity contribution < 1.29 is 18.0 Å². The van der Waals surface area contributed by atoms with Gasteiger partial charge in [-0.15, -0.1) is 0 Å². The predicted octanol–water partition coefficient (Wildman–Crippen LogP) is 4.53. The third kappa shape index (κ3) is 4.13. The molecular weight excluding hydrogens is 373 g/mol. The van der Waals surface area contributed by atoms with Gasteiger partial charge in [0.15, 0.2) is 5.69 Å². The van der Waals surface area contributed by atoms with Crippen LogP contribution in [0.2, 0.25) is 0 Å². The van der Waals surface area contributed by atoms with Crippen LogP contribution in [0.3, 0.4) is 0 Å². The number of halogens is 3. The van der Waals surface area contributed by atoms with Crippen LogP contribution in [0.25, 0.3) is 27.4 Å². The number of amides is 1. The summed E-state index contributed by atoms with van der Waals surface area (Å²) in [5.74, 6) is -0.507. The van der Waals surface area contributed by atoms with Gasteiger partial charge in [0.2, 0.25) is 5.91 Å². The Balaban J connectivity index is 2.08. The van der Waals surface area contributed by atoms with E-state index in [1.54, 1.807) is 36.4 Å². The van der Waals surface area contributed by atoms with Crippen LogP contribution >= 0.6 is 0 Å². The molecule has 3 rings (SSSR count). The number of hydrogen-bond acceptors (Lipinski definition) is 3. The van der Waals surface area contributed by atoms with Crippen molar-refractivity contribution in [2.24, 2.45) is 10.8 Å². The molecular formula is C18H13F3N6O. The van der Waals surface area contributed by atoms with Gasteiger partial charge in [0.05, 0.1) is 17.8 Å². The third-order valence-corrected chi connectivity index (χ3v) is 3.88. The molecule has 1 aromatic heterocycles. The van der Waals surface area contributed by atoms with E-state index in [9.17, 15) is 18.0 Å². The number of aromatic nitrogens is 2. The molecule has 142 valence electrons. The average Bonchev–Trinajstić information content (AvgIpc) is 3.08. The largest absolute Gasteiger partial charge is 0.435 e. The molecule has 0 saturated carbocycles. The quantitative estimate of drug-likeness (QED) is 0.395. The van der Waals surface area contributed by atoms with Crippen molar-refractivity contribution in [3.8, 4) is 16.9 Å². The van der Waals surface area contributed by atoms with Gasteiger partial charge in [-0.1, -0.05) is 41.5 Å². The van der Waals surface area contributed by atoms with Crippen molar-refractivity contribution in [2.45, 2.75) is 12.6 Å². The Morgan fingerprint density at radius 1 is 1.14 bits per heavy atom. The van der Waals surface area contributed by atoms with E-state index < -0.39 is 17.8 Å². The van der Waals surface area contributed by atoms with Crippen LogP contribution in [0.4, 0.5) is 18.9 Å². The molecule has 2 N–H and O–H groups in total. The Hall–Kier alpha value is -3.78. The van der Waals surface area contributed by atoms with E-state index in [2.05, 4.69) is 15.1 Å². The van der Waals surface area contributed by atoms with Gasteiger partial charge in [-0.3, -0.25) is 4.79 Å². The third-order valence-electron chi connectivity index (χ3n) is 3.88. The molecule has 3 aromatic rings. The summed E-state index contributed by atoms with van der Waals surface area (Å²) in [5.41, 5.74) is 14.6. The monoisotopic (exact) mass is 386 g/mol. The molecule has 2 aromatic carbocycles. The predicted molar refractivity (Wildman–Crippen MR) is 95.7 cm³/mol.